The highest BCUT2D eigenvalue weighted by Crippen LogP contribution is 2.18. The van der Waals surface area contributed by atoms with E-state index < -0.39 is 12.1 Å². The Kier molecular flexibility index (Phi) is 5.77. The first-order valence-corrected chi connectivity index (χ1v) is 7.45. The highest BCUT2D eigenvalue weighted by molar-refractivity contribution is 6.30. The number of primary amides is 1. The van der Waals surface area contributed by atoms with Crippen LogP contribution in [0, 0.1) is 11.3 Å². The Morgan fingerprint density at radius 2 is 1.92 bits per heavy atom. The van der Waals surface area contributed by atoms with Crippen molar-refractivity contribution >= 4 is 23.5 Å². The number of nitrogens with zero attached hydrogens (tertiary/aromatic N) is 1. The second-order valence-electron chi connectivity index (χ2n) is 5.01. The third-order valence-corrected chi connectivity index (χ3v) is 3.50. The van der Waals surface area contributed by atoms with E-state index >= 15 is 0 Å². The molecule has 0 aromatic heterocycles. The lowest BCUT2D eigenvalue weighted by Crippen LogP contribution is -2.29. The lowest BCUT2D eigenvalue weighted by atomic mass is 10.1. The molecule has 2 rings (SSSR count). The number of carbonyl (C=O) groups is 2. The molecule has 0 saturated carbocycles. The largest absolute Gasteiger partial charge is 0.352 e. The number of urea groups is 1. The van der Waals surface area contributed by atoms with E-state index in [1.165, 1.54) is 0 Å². The molecule has 0 radical (unpaired) electrons. The zero-order chi connectivity index (χ0) is 17.5. The van der Waals surface area contributed by atoms with Crippen LogP contribution in [-0.2, 0) is 6.54 Å². The second-order valence-corrected chi connectivity index (χ2v) is 5.44. The Morgan fingerprint density at radius 1 is 1.21 bits per heavy atom. The van der Waals surface area contributed by atoms with Crippen molar-refractivity contribution in [2.24, 2.45) is 5.73 Å². The molecule has 0 saturated heterocycles. The first-order chi connectivity index (χ1) is 11.5. The normalized spacial score (nSPS) is 11.2. The summed E-state index contributed by atoms with van der Waals surface area (Å²) in [7, 11) is 0. The van der Waals surface area contributed by atoms with Crippen LogP contribution < -0.4 is 16.4 Å². The van der Waals surface area contributed by atoms with Gasteiger partial charge in [-0.1, -0.05) is 35.9 Å². The van der Waals surface area contributed by atoms with Crippen LogP contribution in [0.2, 0.25) is 5.02 Å². The molecule has 0 bridgehead atoms. The number of benzene rings is 2. The number of nitrogens with two attached hydrogens (primary N) is 1. The minimum Gasteiger partial charge on any atom is -0.352 e. The average molecular weight is 343 g/mol. The lowest BCUT2D eigenvalue weighted by Gasteiger charge is -2.12. The number of hydrogen-bond acceptors (Lipinski definition) is 3. The van der Waals surface area contributed by atoms with Crippen molar-refractivity contribution in [2.45, 2.75) is 12.6 Å². The molecule has 0 spiro atoms. The monoisotopic (exact) mass is 342 g/mol. The second kappa shape index (κ2) is 7.99. The van der Waals surface area contributed by atoms with Crippen molar-refractivity contribution in [3.8, 4) is 6.07 Å². The van der Waals surface area contributed by atoms with Crippen molar-refractivity contribution in [3.05, 3.63) is 70.2 Å². The van der Waals surface area contributed by atoms with Crippen LogP contribution in [0.4, 0.5) is 4.79 Å². The maximum Gasteiger partial charge on any atom is 0.312 e. The summed E-state index contributed by atoms with van der Waals surface area (Å²) in [4.78, 5) is 22.9. The molecule has 0 aliphatic heterocycles. The van der Waals surface area contributed by atoms with Gasteiger partial charge in [-0.2, -0.15) is 5.26 Å². The van der Waals surface area contributed by atoms with E-state index in [0.29, 0.717) is 16.1 Å². The summed E-state index contributed by atoms with van der Waals surface area (Å²) in [5.41, 5.74) is 6.82. The lowest BCUT2D eigenvalue weighted by molar-refractivity contribution is 0.0945. The van der Waals surface area contributed by atoms with Crippen LogP contribution in [-0.4, -0.2) is 11.9 Å². The van der Waals surface area contributed by atoms with Gasteiger partial charge >= 0.3 is 6.03 Å². The maximum atomic E-state index is 12.3. The summed E-state index contributed by atoms with van der Waals surface area (Å²) in [5, 5.41) is 14.9. The van der Waals surface area contributed by atoms with E-state index in [1.54, 1.807) is 48.5 Å². The number of halogens is 1. The van der Waals surface area contributed by atoms with Crippen molar-refractivity contribution in [1.29, 1.82) is 5.26 Å². The third kappa shape index (κ3) is 4.73. The molecule has 0 aliphatic carbocycles. The smallest absolute Gasteiger partial charge is 0.312 e. The zero-order valence-electron chi connectivity index (χ0n) is 12.6. The van der Waals surface area contributed by atoms with Gasteiger partial charge in [-0.15, -0.1) is 0 Å². The van der Waals surface area contributed by atoms with Gasteiger partial charge in [-0.05, 0) is 35.4 Å². The molecule has 2 aromatic carbocycles. The fourth-order valence-electron chi connectivity index (χ4n) is 2.05. The quantitative estimate of drug-likeness (QED) is 0.776. The summed E-state index contributed by atoms with van der Waals surface area (Å²) < 4.78 is 0. The van der Waals surface area contributed by atoms with Gasteiger partial charge in [0.1, 0.15) is 6.04 Å². The average Bonchev–Trinajstić information content (AvgIpc) is 2.58. The Morgan fingerprint density at radius 3 is 2.50 bits per heavy atom. The number of nitrogens with one attached hydrogen (secondary N) is 2. The molecule has 122 valence electrons. The molecular formula is C17H15ClN4O2. The van der Waals surface area contributed by atoms with Gasteiger partial charge in [-0.3, -0.25) is 4.79 Å². The fourth-order valence-corrected chi connectivity index (χ4v) is 2.25. The fraction of sp³-hybridized carbons (Fsp3) is 0.118. The van der Waals surface area contributed by atoms with Gasteiger partial charge < -0.3 is 16.4 Å². The predicted molar refractivity (Wildman–Crippen MR) is 90.1 cm³/mol. The van der Waals surface area contributed by atoms with Gasteiger partial charge in [0.2, 0.25) is 0 Å². The molecule has 2 aromatic rings. The van der Waals surface area contributed by atoms with Crippen molar-refractivity contribution in [1.82, 2.24) is 10.6 Å². The summed E-state index contributed by atoms with van der Waals surface area (Å²) in [6.07, 6.45) is 0. The molecule has 6 nitrogen and oxygen atoms in total. The number of carbonyl (C=O) groups excluding carboxylic acids is 2. The van der Waals surface area contributed by atoms with Crippen LogP contribution in [0.3, 0.4) is 0 Å². The standard InChI is InChI=1S/C17H15ClN4O2/c18-14-3-1-2-13(8-14)15(9-19)22-16(23)12-6-4-11(5-7-12)10-21-17(20)24/h1-8,15H,10H2,(H,22,23)(H3,20,21,24). The molecule has 1 atom stereocenters. The van der Waals surface area contributed by atoms with Gasteiger partial charge in [0, 0.05) is 17.1 Å². The first-order valence-electron chi connectivity index (χ1n) is 7.08. The minimum atomic E-state index is -0.799. The maximum absolute atomic E-state index is 12.3. The SMILES string of the molecule is N#CC(NC(=O)c1ccc(CNC(N)=O)cc1)c1cccc(Cl)c1. The summed E-state index contributed by atoms with van der Waals surface area (Å²) in [6.45, 7) is 0.278. The molecule has 3 amide bonds. The molecule has 0 fully saturated rings. The Labute approximate surface area is 144 Å². The summed E-state index contributed by atoms with van der Waals surface area (Å²) >= 11 is 5.91. The van der Waals surface area contributed by atoms with Gasteiger partial charge in [0.25, 0.3) is 5.91 Å². The highest BCUT2D eigenvalue weighted by atomic mass is 35.5. The Balaban J connectivity index is 2.05. The van der Waals surface area contributed by atoms with E-state index in [9.17, 15) is 14.9 Å². The molecule has 4 N–H and O–H groups in total. The Bertz CT molecular complexity index is 784. The highest BCUT2D eigenvalue weighted by Gasteiger charge is 2.15. The first kappa shape index (κ1) is 17.3. The molecule has 7 heteroatoms. The van der Waals surface area contributed by atoms with Gasteiger partial charge in [0.15, 0.2) is 0 Å². The zero-order valence-corrected chi connectivity index (χ0v) is 13.4. The number of rotatable bonds is 5. The number of hydrogen-bond donors (Lipinski definition) is 3. The minimum absolute atomic E-state index is 0.278. The van der Waals surface area contributed by atoms with Gasteiger partial charge in [-0.25, -0.2) is 4.79 Å². The van der Waals surface area contributed by atoms with Crippen molar-refractivity contribution in [3.63, 3.8) is 0 Å². The Hall–Kier alpha value is -3.04. The molecule has 24 heavy (non-hydrogen) atoms. The molecule has 0 aliphatic rings. The summed E-state index contributed by atoms with van der Waals surface area (Å²) in [6, 6.07) is 14.0. The number of nitriles is 1. The predicted octanol–water partition coefficient (Wildman–Crippen LogP) is 2.50. The van der Waals surface area contributed by atoms with Crippen LogP contribution in [0.25, 0.3) is 0 Å². The van der Waals surface area contributed by atoms with Crippen LogP contribution >= 0.6 is 11.6 Å². The van der Waals surface area contributed by atoms with E-state index in [2.05, 4.69) is 10.6 Å². The van der Waals surface area contributed by atoms with E-state index in [1.807, 2.05) is 6.07 Å². The summed E-state index contributed by atoms with van der Waals surface area (Å²) in [5.74, 6) is -0.379. The molecule has 0 heterocycles. The topological polar surface area (TPSA) is 108 Å². The third-order valence-electron chi connectivity index (χ3n) is 3.27. The van der Waals surface area contributed by atoms with Crippen LogP contribution in [0.5, 0.6) is 0 Å². The molecular weight excluding hydrogens is 328 g/mol. The van der Waals surface area contributed by atoms with E-state index in [4.69, 9.17) is 17.3 Å². The van der Waals surface area contributed by atoms with Gasteiger partial charge in [0.05, 0.1) is 6.07 Å². The molecule has 1 unspecified atom stereocenters. The van der Waals surface area contributed by atoms with E-state index in [-0.39, 0.29) is 12.5 Å². The van der Waals surface area contributed by atoms with Crippen molar-refractivity contribution < 1.29 is 9.59 Å². The van der Waals surface area contributed by atoms with Crippen LogP contribution in [0.15, 0.2) is 48.5 Å². The van der Waals surface area contributed by atoms with Crippen LogP contribution in [0.1, 0.15) is 27.5 Å². The van der Waals surface area contributed by atoms with Crippen molar-refractivity contribution in [2.75, 3.05) is 0 Å². The van der Waals surface area contributed by atoms with E-state index in [0.717, 1.165) is 5.56 Å². The number of amides is 3.